The topological polar surface area (TPSA) is 73.2 Å². The molecular weight excluding hydrogens is 390 g/mol. The second-order valence-corrected chi connectivity index (χ2v) is 7.60. The quantitative estimate of drug-likeness (QED) is 0.466. The van der Waals surface area contributed by atoms with Gasteiger partial charge in [0.2, 0.25) is 0 Å². The zero-order chi connectivity index (χ0) is 22.0. The molecule has 0 fully saturated rings. The maximum atomic E-state index is 12.6. The van der Waals surface area contributed by atoms with Gasteiger partial charge in [-0.1, -0.05) is 24.3 Å². The van der Waals surface area contributed by atoms with Crippen molar-refractivity contribution < 1.29 is 14.3 Å². The van der Waals surface area contributed by atoms with Crippen molar-refractivity contribution in [2.45, 2.75) is 39.8 Å². The van der Waals surface area contributed by atoms with Gasteiger partial charge in [-0.25, -0.2) is 0 Å². The minimum Gasteiger partial charge on any atom is -0.452 e. The van der Waals surface area contributed by atoms with Crippen LogP contribution in [0.25, 0.3) is 21.8 Å². The highest BCUT2D eigenvalue weighted by atomic mass is 16.5. The van der Waals surface area contributed by atoms with E-state index < -0.39 is 12.1 Å². The highest BCUT2D eigenvalue weighted by Gasteiger charge is 2.19. The highest BCUT2D eigenvalue weighted by molar-refractivity contribution is 6.10. The zero-order valence-electron chi connectivity index (χ0n) is 17.9. The van der Waals surface area contributed by atoms with Crippen LogP contribution >= 0.6 is 0 Å². The molecule has 6 nitrogen and oxygen atoms in total. The van der Waals surface area contributed by atoms with Gasteiger partial charge in [-0.3, -0.25) is 14.6 Å². The predicted molar refractivity (Wildman–Crippen MR) is 122 cm³/mol. The Bertz CT molecular complexity index is 1260. The van der Waals surface area contributed by atoms with E-state index in [-0.39, 0.29) is 12.3 Å². The predicted octanol–water partition coefficient (Wildman–Crippen LogP) is 4.63. The summed E-state index contributed by atoms with van der Waals surface area (Å²) in [4.78, 5) is 29.0. The molecule has 6 heteroatoms. The van der Waals surface area contributed by atoms with Crippen molar-refractivity contribution in [2.24, 2.45) is 0 Å². The van der Waals surface area contributed by atoms with Gasteiger partial charge in [-0.2, -0.15) is 0 Å². The Kier molecular flexibility index (Phi) is 5.71. The van der Waals surface area contributed by atoms with Crippen LogP contribution in [0.5, 0.6) is 0 Å². The number of nitrogens with zero attached hydrogens (tertiary/aromatic N) is 2. The summed E-state index contributed by atoms with van der Waals surface area (Å²) in [6.45, 7) is 6.43. The van der Waals surface area contributed by atoms with Crippen LogP contribution in [0, 0.1) is 6.92 Å². The Morgan fingerprint density at radius 1 is 1.06 bits per heavy atom. The maximum Gasteiger partial charge on any atom is 0.311 e. The number of amides is 1. The molecule has 2 aromatic heterocycles. The molecule has 2 heterocycles. The molecule has 0 radical (unpaired) electrons. The van der Waals surface area contributed by atoms with Crippen LogP contribution in [-0.4, -0.2) is 27.5 Å². The molecule has 1 N–H and O–H groups in total. The summed E-state index contributed by atoms with van der Waals surface area (Å²) in [5.74, 6) is -0.830. The van der Waals surface area contributed by atoms with Gasteiger partial charge in [0.15, 0.2) is 6.10 Å². The smallest absolute Gasteiger partial charge is 0.311 e. The average Bonchev–Trinajstić information content (AvgIpc) is 3.08. The van der Waals surface area contributed by atoms with E-state index in [0.29, 0.717) is 5.69 Å². The van der Waals surface area contributed by atoms with Crippen molar-refractivity contribution in [3.8, 4) is 0 Å². The number of para-hydroxylation sites is 1. The van der Waals surface area contributed by atoms with Gasteiger partial charge >= 0.3 is 5.97 Å². The van der Waals surface area contributed by atoms with Crippen molar-refractivity contribution in [1.82, 2.24) is 9.55 Å². The van der Waals surface area contributed by atoms with E-state index in [1.165, 1.54) is 0 Å². The van der Waals surface area contributed by atoms with Gasteiger partial charge in [0.05, 0.1) is 6.42 Å². The Morgan fingerprint density at radius 3 is 2.58 bits per heavy atom. The lowest BCUT2D eigenvalue weighted by Gasteiger charge is -2.14. The van der Waals surface area contributed by atoms with E-state index >= 15 is 0 Å². The molecule has 4 rings (SSSR count). The van der Waals surface area contributed by atoms with E-state index in [0.717, 1.165) is 39.6 Å². The number of anilines is 1. The van der Waals surface area contributed by atoms with Crippen LogP contribution in [0.15, 0.2) is 60.8 Å². The van der Waals surface area contributed by atoms with Gasteiger partial charge in [-0.05, 0) is 56.7 Å². The van der Waals surface area contributed by atoms with Crippen LogP contribution in [0.2, 0.25) is 0 Å². The molecule has 2 aromatic carbocycles. The lowest BCUT2D eigenvalue weighted by molar-refractivity contribution is -0.152. The number of hydrogen-bond donors (Lipinski definition) is 1. The molecular formula is C25H25N3O3. The first-order valence-electron chi connectivity index (χ1n) is 10.4. The van der Waals surface area contributed by atoms with E-state index in [4.69, 9.17) is 4.74 Å². The molecule has 0 aliphatic heterocycles. The first-order valence-corrected chi connectivity index (χ1v) is 10.4. The molecule has 1 unspecified atom stereocenters. The number of ether oxygens (including phenoxy) is 1. The molecule has 0 aliphatic rings. The van der Waals surface area contributed by atoms with E-state index in [1.54, 1.807) is 13.1 Å². The maximum absolute atomic E-state index is 12.6. The lowest BCUT2D eigenvalue weighted by Crippen LogP contribution is -2.30. The van der Waals surface area contributed by atoms with E-state index in [2.05, 4.69) is 33.9 Å². The van der Waals surface area contributed by atoms with Gasteiger partial charge in [0.1, 0.15) is 0 Å². The summed E-state index contributed by atoms with van der Waals surface area (Å²) in [5, 5.41) is 5.08. The summed E-state index contributed by atoms with van der Waals surface area (Å²) in [6.07, 6.45) is 0.815. The summed E-state index contributed by atoms with van der Waals surface area (Å²) in [5.41, 5.74) is 4.58. The monoisotopic (exact) mass is 415 g/mol. The third kappa shape index (κ3) is 4.28. The summed E-state index contributed by atoms with van der Waals surface area (Å²) >= 11 is 0. The van der Waals surface area contributed by atoms with Gasteiger partial charge in [0, 0.05) is 45.9 Å². The van der Waals surface area contributed by atoms with Gasteiger partial charge in [0.25, 0.3) is 5.91 Å². The first kappa shape index (κ1) is 20.6. The molecule has 31 heavy (non-hydrogen) atoms. The Balaban J connectivity index is 1.46. The van der Waals surface area contributed by atoms with E-state index in [9.17, 15) is 9.59 Å². The number of carbonyl (C=O) groups excluding carboxylic acids is 2. The zero-order valence-corrected chi connectivity index (χ0v) is 17.9. The summed E-state index contributed by atoms with van der Waals surface area (Å²) in [6, 6.07) is 17.7. The number of aromatic nitrogens is 2. The van der Waals surface area contributed by atoms with Crippen LogP contribution in [0.4, 0.5) is 5.69 Å². The van der Waals surface area contributed by atoms with Crippen LogP contribution in [0.3, 0.4) is 0 Å². The fourth-order valence-corrected chi connectivity index (χ4v) is 3.78. The third-order valence-electron chi connectivity index (χ3n) is 5.35. The normalized spacial score (nSPS) is 12.1. The molecule has 0 saturated heterocycles. The highest BCUT2D eigenvalue weighted by Crippen LogP contribution is 2.31. The number of benzene rings is 2. The number of aryl methyl sites for hydroxylation is 2. The van der Waals surface area contributed by atoms with Crippen molar-refractivity contribution in [1.29, 1.82) is 0 Å². The average molecular weight is 415 g/mol. The second-order valence-electron chi connectivity index (χ2n) is 7.60. The first-order chi connectivity index (χ1) is 15.0. The number of fused-ring (bicyclic) bond motifs is 3. The van der Waals surface area contributed by atoms with Crippen LogP contribution in [0.1, 0.15) is 25.1 Å². The van der Waals surface area contributed by atoms with Crippen molar-refractivity contribution in [2.75, 3.05) is 5.32 Å². The molecule has 1 atom stereocenters. The fraction of sp³-hybridized carbons (Fsp3) is 0.240. The molecule has 0 spiro atoms. The minimum absolute atomic E-state index is 0.0768. The molecule has 1 amide bonds. The summed E-state index contributed by atoms with van der Waals surface area (Å²) in [7, 11) is 0. The SMILES string of the molecule is CCn1c2ccccc2c2cc(NC(=O)C(C)OC(=O)Cc3ccc(C)nc3)ccc21. The fourth-order valence-electron chi connectivity index (χ4n) is 3.78. The van der Waals surface area contributed by atoms with Crippen molar-refractivity contribution in [3.05, 3.63) is 72.1 Å². The number of nitrogens with one attached hydrogen (secondary N) is 1. The van der Waals surface area contributed by atoms with Gasteiger partial charge < -0.3 is 14.6 Å². The molecule has 0 aliphatic carbocycles. The Morgan fingerprint density at radius 2 is 1.84 bits per heavy atom. The van der Waals surface area contributed by atoms with Gasteiger partial charge in [-0.15, -0.1) is 0 Å². The number of rotatable bonds is 6. The number of pyridine rings is 1. The molecule has 0 bridgehead atoms. The molecule has 158 valence electrons. The van der Waals surface area contributed by atoms with E-state index in [1.807, 2.05) is 49.4 Å². The number of carbonyl (C=O) groups is 2. The Labute approximate surface area is 180 Å². The third-order valence-corrected chi connectivity index (χ3v) is 5.35. The Hall–Kier alpha value is -3.67. The largest absolute Gasteiger partial charge is 0.452 e. The molecule has 0 saturated carbocycles. The lowest BCUT2D eigenvalue weighted by atomic mass is 10.1. The second kappa shape index (κ2) is 8.60. The molecule has 4 aromatic rings. The minimum atomic E-state index is -0.904. The summed E-state index contributed by atoms with van der Waals surface area (Å²) < 4.78 is 7.57. The van der Waals surface area contributed by atoms with Crippen molar-refractivity contribution >= 4 is 39.4 Å². The van der Waals surface area contributed by atoms with Crippen LogP contribution < -0.4 is 5.32 Å². The number of esters is 1. The number of hydrogen-bond acceptors (Lipinski definition) is 4. The van der Waals surface area contributed by atoms with Crippen molar-refractivity contribution in [3.63, 3.8) is 0 Å². The van der Waals surface area contributed by atoms with Crippen LogP contribution in [-0.2, 0) is 27.3 Å². The standard InChI is InChI=1S/C25H25N3O3/c1-4-28-22-8-6-5-7-20(22)21-14-19(11-12-23(21)28)27-25(30)17(3)31-24(29)13-18-10-9-16(2)26-15-18/h5-12,14-15,17H,4,13H2,1-3H3,(H,27,30).